The Labute approximate surface area is 113 Å². The van der Waals surface area contributed by atoms with E-state index in [1.807, 2.05) is 32.9 Å². The quantitative estimate of drug-likeness (QED) is 0.630. The summed E-state index contributed by atoms with van der Waals surface area (Å²) in [5, 5.41) is 5.36. The maximum Gasteiger partial charge on any atom is 0.233 e. The van der Waals surface area contributed by atoms with Crippen LogP contribution in [0.3, 0.4) is 0 Å². The minimum absolute atomic E-state index is 0.180. The molecule has 1 aromatic rings. The third-order valence-corrected chi connectivity index (χ3v) is 2.71. The fourth-order valence-electron chi connectivity index (χ4n) is 1.96. The highest BCUT2D eigenvalue weighted by molar-refractivity contribution is 6.04. The van der Waals surface area contributed by atoms with Crippen LogP contribution in [0.25, 0.3) is 0 Å². The average Bonchev–Trinajstić information content (AvgIpc) is 2.31. The van der Waals surface area contributed by atoms with Crippen molar-refractivity contribution in [3.05, 3.63) is 41.5 Å². The van der Waals surface area contributed by atoms with Gasteiger partial charge in [0.05, 0.1) is 0 Å². The van der Waals surface area contributed by atoms with Crippen molar-refractivity contribution in [3.8, 4) is 0 Å². The minimum atomic E-state index is -0.309. The van der Waals surface area contributed by atoms with Gasteiger partial charge in [-0.15, -0.1) is 6.58 Å². The van der Waals surface area contributed by atoms with Crippen LogP contribution in [0.1, 0.15) is 23.1 Å². The predicted molar refractivity (Wildman–Crippen MR) is 77.1 cm³/mol. The Morgan fingerprint density at radius 3 is 2.26 bits per heavy atom. The summed E-state index contributed by atoms with van der Waals surface area (Å²) in [6.07, 6.45) is 1.39. The van der Waals surface area contributed by atoms with Crippen molar-refractivity contribution in [1.82, 2.24) is 5.32 Å². The van der Waals surface area contributed by atoms with Gasteiger partial charge in [0, 0.05) is 12.2 Å². The van der Waals surface area contributed by atoms with Crippen molar-refractivity contribution in [2.45, 2.75) is 27.2 Å². The van der Waals surface area contributed by atoms with E-state index in [2.05, 4.69) is 17.2 Å². The van der Waals surface area contributed by atoms with Gasteiger partial charge < -0.3 is 10.6 Å². The van der Waals surface area contributed by atoms with Crippen molar-refractivity contribution in [2.75, 3.05) is 11.9 Å². The number of carbonyl (C=O) groups excluding carboxylic acids is 2. The summed E-state index contributed by atoms with van der Waals surface area (Å²) in [5.74, 6) is -0.614. The lowest BCUT2D eigenvalue weighted by Gasteiger charge is -2.12. The summed E-state index contributed by atoms with van der Waals surface area (Å²) in [5.41, 5.74) is 3.93. The van der Waals surface area contributed by atoms with Gasteiger partial charge in [-0.05, 0) is 31.9 Å². The zero-order chi connectivity index (χ0) is 14.4. The first-order valence-corrected chi connectivity index (χ1v) is 6.19. The van der Waals surface area contributed by atoms with Gasteiger partial charge in [-0.3, -0.25) is 9.59 Å². The molecular weight excluding hydrogens is 240 g/mol. The second-order valence-electron chi connectivity index (χ2n) is 4.59. The lowest BCUT2D eigenvalue weighted by Crippen LogP contribution is -2.28. The van der Waals surface area contributed by atoms with Crippen molar-refractivity contribution in [1.29, 1.82) is 0 Å². The van der Waals surface area contributed by atoms with Crippen LogP contribution in [0.15, 0.2) is 24.8 Å². The van der Waals surface area contributed by atoms with Crippen molar-refractivity contribution >= 4 is 17.5 Å². The Bertz CT molecular complexity index is 484. The fourth-order valence-corrected chi connectivity index (χ4v) is 1.96. The van der Waals surface area contributed by atoms with Gasteiger partial charge in [-0.2, -0.15) is 0 Å². The van der Waals surface area contributed by atoms with Crippen LogP contribution in [0, 0.1) is 20.8 Å². The van der Waals surface area contributed by atoms with E-state index in [9.17, 15) is 9.59 Å². The largest absolute Gasteiger partial charge is 0.352 e. The molecule has 0 fully saturated rings. The molecule has 0 radical (unpaired) electrons. The monoisotopic (exact) mass is 260 g/mol. The molecule has 0 aromatic heterocycles. The number of nitrogens with one attached hydrogen (secondary N) is 2. The molecule has 0 aliphatic heterocycles. The molecule has 0 spiro atoms. The molecule has 1 aromatic carbocycles. The maximum absolute atomic E-state index is 11.8. The first kappa shape index (κ1) is 15.0. The molecule has 2 N–H and O–H groups in total. The lowest BCUT2D eigenvalue weighted by atomic mass is 10.1. The highest BCUT2D eigenvalue weighted by Gasteiger charge is 2.11. The average molecular weight is 260 g/mol. The van der Waals surface area contributed by atoms with Crippen molar-refractivity contribution < 1.29 is 9.59 Å². The zero-order valence-electron chi connectivity index (χ0n) is 11.7. The molecular formula is C15H20N2O2. The van der Waals surface area contributed by atoms with E-state index in [4.69, 9.17) is 0 Å². The summed E-state index contributed by atoms with van der Waals surface area (Å²) < 4.78 is 0. The molecule has 2 amide bonds. The maximum atomic E-state index is 11.8. The van der Waals surface area contributed by atoms with E-state index >= 15 is 0 Å². The molecule has 0 heterocycles. The molecule has 0 bridgehead atoms. The summed E-state index contributed by atoms with van der Waals surface area (Å²) in [6, 6.07) is 4.00. The van der Waals surface area contributed by atoms with Gasteiger partial charge >= 0.3 is 0 Å². The molecule has 19 heavy (non-hydrogen) atoms. The molecule has 0 saturated carbocycles. The standard InChI is InChI=1S/C15H20N2O2/c1-5-6-16-13(18)9-14(19)17-15-11(3)7-10(2)8-12(15)4/h5,7-8H,1,6,9H2,2-4H3,(H,16,18)(H,17,19). The Morgan fingerprint density at radius 2 is 1.74 bits per heavy atom. The Hall–Kier alpha value is -2.10. The molecule has 0 aliphatic carbocycles. The number of aryl methyl sites for hydroxylation is 3. The number of anilines is 1. The van der Waals surface area contributed by atoms with Crippen LogP contribution in [-0.4, -0.2) is 18.4 Å². The molecule has 4 heteroatoms. The molecule has 1 rings (SSSR count). The van der Waals surface area contributed by atoms with E-state index in [0.717, 1.165) is 22.4 Å². The number of benzene rings is 1. The zero-order valence-corrected chi connectivity index (χ0v) is 11.7. The van der Waals surface area contributed by atoms with Crippen LogP contribution in [0.4, 0.5) is 5.69 Å². The second-order valence-corrected chi connectivity index (χ2v) is 4.59. The van der Waals surface area contributed by atoms with Gasteiger partial charge in [0.25, 0.3) is 0 Å². The van der Waals surface area contributed by atoms with Crippen LogP contribution in [0.2, 0.25) is 0 Å². The van der Waals surface area contributed by atoms with Gasteiger partial charge in [-0.1, -0.05) is 23.8 Å². The molecule has 0 aliphatic rings. The molecule has 4 nitrogen and oxygen atoms in total. The van der Waals surface area contributed by atoms with Gasteiger partial charge in [0.15, 0.2) is 0 Å². The summed E-state index contributed by atoms with van der Waals surface area (Å²) in [7, 11) is 0. The SMILES string of the molecule is C=CCNC(=O)CC(=O)Nc1c(C)cc(C)cc1C. The molecule has 0 saturated heterocycles. The van der Waals surface area contributed by atoms with E-state index in [0.29, 0.717) is 6.54 Å². The first-order valence-electron chi connectivity index (χ1n) is 6.19. The van der Waals surface area contributed by atoms with Crippen molar-refractivity contribution in [3.63, 3.8) is 0 Å². The lowest BCUT2D eigenvalue weighted by molar-refractivity contribution is -0.126. The van der Waals surface area contributed by atoms with Crippen LogP contribution in [-0.2, 0) is 9.59 Å². The van der Waals surface area contributed by atoms with E-state index in [-0.39, 0.29) is 18.2 Å². The second kappa shape index (κ2) is 6.73. The van der Waals surface area contributed by atoms with E-state index in [1.165, 1.54) is 0 Å². The smallest absolute Gasteiger partial charge is 0.233 e. The van der Waals surface area contributed by atoms with Gasteiger partial charge in [-0.25, -0.2) is 0 Å². The summed E-state index contributed by atoms with van der Waals surface area (Å²) in [4.78, 5) is 23.2. The topological polar surface area (TPSA) is 58.2 Å². The fraction of sp³-hybridized carbons (Fsp3) is 0.333. The van der Waals surface area contributed by atoms with Crippen LogP contribution in [0.5, 0.6) is 0 Å². The number of rotatable bonds is 5. The minimum Gasteiger partial charge on any atom is -0.352 e. The first-order chi connectivity index (χ1) is 8.93. The van der Waals surface area contributed by atoms with Gasteiger partial charge in [0.2, 0.25) is 11.8 Å². The third-order valence-electron chi connectivity index (χ3n) is 2.71. The molecule has 0 atom stereocenters. The Balaban J connectivity index is 2.67. The normalized spacial score (nSPS) is 9.84. The Kier molecular flexibility index (Phi) is 5.30. The highest BCUT2D eigenvalue weighted by atomic mass is 16.2. The summed E-state index contributed by atoms with van der Waals surface area (Å²) >= 11 is 0. The number of carbonyl (C=O) groups is 2. The summed E-state index contributed by atoms with van der Waals surface area (Å²) in [6.45, 7) is 9.75. The number of hydrogen-bond donors (Lipinski definition) is 2. The van der Waals surface area contributed by atoms with E-state index < -0.39 is 0 Å². The number of hydrogen-bond acceptors (Lipinski definition) is 2. The Morgan fingerprint density at radius 1 is 1.16 bits per heavy atom. The highest BCUT2D eigenvalue weighted by Crippen LogP contribution is 2.21. The number of amides is 2. The molecule has 0 unspecified atom stereocenters. The predicted octanol–water partition coefficient (Wildman–Crippen LogP) is 2.24. The molecule has 102 valence electrons. The van der Waals surface area contributed by atoms with Gasteiger partial charge in [0.1, 0.15) is 6.42 Å². The third kappa shape index (κ3) is 4.58. The van der Waals surface area contributed by atoms with E-state index in [1.54, 1.807) is 6.08 Å². The van der Waals surface area contributed by atoms with Crippen LogP contribution >= 0.6 is 0 Å². The van der Waals surface area contributed by atoms with Crippen LogP contribution < -0.4 is 10.6 Å². The van der Waals surface area contributed by atoms with Crippen molar-refractivity contribution in [2.24, 2.45) is 0 Å².